The zero-order chi connectivity index (χ0) is 22.8. The van der Waals surface area contributed by atoms with Crippen molar-refractivity contribution in [2.24, 2.45) is 4.99 Å². The number of hydrogen-bond donors (Lipinski definition) is 3. The lowest BCUT2D eigenvalue weighted by atomic mass is 10.1. The third-order valence-corrected chi connectivity index (χ3v) is 4.77. The van der Waals surface area contributed by atoms with E-state index in [0.29, 0.717) is 31.3 Å². The number of ether oxygens (including phenoxy) is 1. The van der Waals surface area contributed by atoms with Crippen molar-refractivity contribution in [3.8, 4) is 5.75 Å². The van der Waals surface area contributed by atoms with Crippen LogP contribution < -0.4 is 20.7 Å². The Morgan fingerprint density at radius 3 is 2.53 bits per heavy atom. The number of rotatable bonds is 9. The van der Waals surface area contributed by atoms with E-state index in [1.54, 1.807) is 19.2 Å². The third kappa shape index (κ3) is 6.63. The van der Waals surface area contributed by atoms with Crippen LogP contribution in [0, 0.1) is 6.92 Å². The molecule has 0 bridgehead atoms. The molecule has 0 aliphatic heterocycles. The summed E-state index contributed by atoms with van der Waals surface area (Å²) in [4.78, 5) is 16.4. The number of carbonyl (C=O) groups is 1. The molecular weight excluding hydrogens is 404 g/mol. The van der Waals surface area contributed by atoms with Gasteiger partial charge >= 0.3 is 0 Å². The number of furan rings is 1. The van der Waals surface area contributed by atoms with Crippen molar-refractivity contribution in [1.29, 1.82) is 0 Å². The summed E-state index contributed by atoms with van der Waals surface area (Å²) in [5, 5.41) is 9.45. The van der Waals surface area contributed by atoms with E-state index in [4.69, 9.17) is 9.15 Å². The van der Waals surface area contributed by atoms with Crippen LogP contribution in [-0.4, -0.2) is 25.5 Å². The number of guanidine groups is 1. The summed E-state index contributed by atoms with van der Waals surface area (Å²) in [6, 6.07) is 17.2. The first kappa shape index (κ1) is 22.9. The Bertz CT molecular complexity index is 1030. The minimum absolute atomic E-state index is 0.274. The van der Waals surface area contributed by atoms with Crippen molar-refractivity contribution in [2.45, 2.75) is 33.4 Å². The highest BCUT2D eigenvalue weighted by molar-refractivity contribution is 6.02. The van der Waals surface area contributed by atoms with Gasteiger partial charge in [0.1, 0.15) is 5.75 Å². The number of aliphatic imine (C=N–C) groups is 1. The Morgan fingerprint density at radius 1 is 1.06 bits per heavy atom. The Labute approximate surface area is 188 Å². The van der Waals surface area contributed by atoms with Gasteiger partial charge in [-0.25, -0.2) is 0 Å². The average molecular weight is 435 g/mol. The van der Waals surface area contributed by atoms with Crippen LogP contribution in [-0.2, 0) is 13.1 Å². The third-order valence-electron chi connectivity index (χ3n) is 4.77. The fourth-order valence-electron chi connectivity index (χ4n) is 3.05. The summed E-state index contributed by atoms with van der Waals surface area (Å²) in [6.45, 7) is 6.06. The summed E-state index contributed by atoms with van der Waals surface area (Å²) < 4.78 is 11.0. The van der Waals surface area contributed by atoms with Gasteiger partial charge in [0.05, 0.1) is 12.9 Å². The van der Waals surface area contributed by atoms with Gasteiger partial charge in [-0.2, -0.15) is 0 Å². The van der Waals surface area contributed by atoms with Crippen molar-refractivity contribution >= 4 is 17.6 Å². The first-order valence-corrected chi connectivity index (χ1v) is 10.7. The Kier molecular flexibility index (Phi) is 8.31. The maximum Gasteiger partial charge on any atom is 0.291 e. The van der Waals surface area contributed by atoms with Crippen LogP contribution in [0.1, 0.15) is 40.6 Å². The second-order valence-corrected chi connectivity index (χ2v) is 7.37. The Morgan fingerprint density at radius 2 is 1.84 bits per heavy atom. The van der Waals surface area contributed by atoms with Gasteiger partial charge < -0.3 is 25.1 Å². The minimum atomic E-state index is -0.274. The SMILES string of the molecule is CCCOc1cc(C)ccc1CNC(=NC)NCc1ccc(NC(=O)c2ccco2)cc1. The van der Waals surface area contributed by atoms with Crippen LogP contribution in [0.25, 0.3) is 0 Å². The number of nitrogens with zero attached hydrogens (tertiary/aromatic N) is 1. The summed E-state index contributed by atoms with van der Waals surface area (Å²) in [7, 11) is 1.74. The van der Waals surface area contributed by atoms with E-state index in [-0.39, 0.29) is 11.7 Å². The van der Waals surface area contributed by atoms with E-state index >= 15 is 0 Å². The first-order valence-electron chi connectivity index (χ1n) is 10.7. The normalized spacial score (nSPS) is 11.2. The van der Waals surface area contributed by atoms with Crippen molar-refractivity contribution < 1.29 is 13.9 Å². The summed E-state index contributed by atoms with van der Waals surface area (Å²) in [5.41, 5.74) is 4.03. The number of carbonyl (C=O) groups excluding carboxylic acids is 1. The van der Waals surface area contributed by atoms with Crippen LogP contribution in [0.3, 0.4) is 0 Å². The highest BCUT2D eigenvalue weighted by Gasteiger charge is 2.09. The van der Waals surface area contributed by atoms with E-state index < -0.39 is 0 Å². The van der Waals surface area contributed by atoms with Crippen LogP contribution in [0.4, 0.5) is 5.69 Å². The molecule has 3 N–H and O–H groups in total. The predicted octanol–water partition coefficient (Wildman–Crippen LogP) is 4.49. The van der Waals surface area contributed by atoms with Crippen molar-refractivity contribution in [1.82, 2.24) is 10.6 Å². The van der Waals surface area contributed by atoms with Crippen molar-refractivity contribution in [3.05, 3.63) is 83.3 Å². The van der Waals surface area contributed by atoms with E-state index in [1.807, 2.05) is 24.3 Å². The van der Waals surface area contributed by atoms with Crippen LogP contribution in [0.15, 0.2) is 70.3 Å². The molecule has 0 atom stereocenters. The van der Waals surface area contributed by atoms with E-state index in [2.05, 4.69) is 53.0 Å². The van der Waals surface area contributed by atoms with Gasteiger partial charge in [-0.1, -0.05) is 31.2 Å². The summed E-state index contributed by atoms with van der Waals surface area (Å²) >= 11 is 0. The van der Waals surface area contributed by atoms with Gasteiger partial charge in [0.25, 0.3) is 5.91 Å². The predicted molar refractivity (Wildman–Crippen MR) is 127 cm³/mol. The number of aryl methyl sites for hydroxylation is 1. The lowest BCUT2D eigenvalue weighted by Gasteiger charge is -2.15. The fraction of sp³-hybridized carbons (Fsp3) is 0.280. The molecule has 32 heavy (non-hydrogen) atoms. The van der Waals surface area contributed by atoms with Gasteiger partial charge in [0, 0.05) is 31.4 Å². The zero-order valence-corrected chi connectivity index (χ0v) is 18.8. The lowest BCUT2D eigenvalue weighted by molar-refractivity contribution is 0.0996. The molecule has 7 nitrogen and oxygen atoms in total. The molecule has 0 saturated heterocycles. The maximum absolute atomic E-state index is 12.1. The second kappa shape index (κ2) is 11.6. The minimum Gasteiger partial charge on any atom is -0.493 e. The molecule has 0 fully saturated rings. The molecule has 3 aromatic rings. The molecule has 0 spiro atoms. The standard InChI is InChI=1S/C25H30N4O3/c1-4-13-31-23-15-18(2)7-10-20(23)17-28-25(26-3)27-16-19-8-11-21(12-9-19)29-24(30)22-6-5-14-32-22/h5-12,14-15H,4,13,16-17H2,1-3H3,(H,29,30)(H2,26,27,28). The first-order chi connectivity index (χ1) is 15.6. The van der Waals surface area contributed by atoms with Gasteiger partial charge in [0.2, 0.25) is 0 Å². The zero-order valence-electron chi connectivity index (χ0n) is 18.8. The highest BCUT2D eigenvalue weighted by Crippen LogP contribution is 2.20. The molecule has 0 aliphatic rings. The smallest absolute Gasteiger partial charge is 0.291 e. The van der Waals surface area contributed by atoms with Crippen LogP contribution in [0.2, 0.25) is 0 Å². The number of hydrogen-bond acceptors (Lipinski definition) is 4. The van der Waals surface area contributed by atoms with Crippen molar-refractivity contribution in [2.75, 3.05) is 19.0 Å². The quantitative estimate of drug-likeness (QED) is 0.341. The average Bonchev–Trinajstić information content (AvgIpc) is 3.35. The Balaban J connectivity index is 1.51. The molecule has 168 valence electrons. The molecule has 1 heterocycles. The second-order valence-electron chi connectivity index (χ2n) is 7.37. The largest absolute Gasteiger partial charge is 0.493 e. The molecule has 3 rings (SSSR count). The van der Waals surface area contributed by atoms with Gasteiger partial charge in [-0.05, 0) is 54.8 Å². The molecule has 0 saturated carbocycles. The lowest BCUT2D eigenvalue weighted by Crippen LogP contribution is -2.36. The number of amides is 1. The molecule has 2 aromatic carbocycles. The van der Waals surface area contributed by atoms with Crippen LogP contribution >= 0.6 is 0 Å². The molecule has 1 aromatic heterocycles. The Hall–Kier alpha value is -3.74. The van der Waals surface area contributed by atoms with E-state index in [0.717, 1.165) is 23.3 Å². The topological polar surface area (TPSA) is 87.9 Å². The van der Waals surface area contributed by atoms with Crippen molar-refractivity contribution in [3.63, 3.8) is 0 Å². The number of nitrogens with one attached hydrogen (secondary N) is 3. The van der Waals surface area contributed by atoms with E-state index in [1.165, 1.54) is 11.8 Å². The highest BCUT2D eigenvalue weighted by atomic mass is 16.5. The van der Waals surface area contributed by atoms with Gasteiger partial charge in [0.15, 0.2) is 11.7 Å². The van der Waals surface area contributed by atoms with Crippen LogP contribution in [0.5, 0.6) is 5.75 Å². The molecule has 1 amide bonds. The van der Waals surface area contributed by atoms with Gasteiger partial charge in [-0.3, -0.25) is 9.79 Å². The monoisotopic (exact) mass is 434 g/mol. The molecule has 0 unspecified atom stereocenters. The number of benzene rings is 2. The number of anilines is 1. The molecule has 0 radical (unpaired) electrons. The summed E-state index contributed by atoms with van der Waals surface area (Å²) in [5.74, 6) is 1.61. The van der Waals surface area contributed by atoms with E-state index in [9.17, 15) is 4.79 Å². The molecule has 0 aliphatic carbocycles. The maximum atomic E-state index is 12.1. The molecular formula is C25H30N4O3. The van der Waals surface area contributed by atoms with Gasteiger partial charge in [-0.15, -0.1) is 0 Å². The molecule has 7 heteroatoms. The fourth-order valence-corrected chi connectivity index (χ4v) is 3.05. The summed E-state index contributed by atoms with van der Waals surface area (Å²) in [6.07, 6.45) is 2.44.